The Bertz CT molecular complexity index is 803. The van der Waals surface area contributed by atoms with Crippen LogP contribution in [0.15, 0.2) is 42.6 Å². The number of ether oxygens (including phenoxy) is 2. The smallest absolute Gasteiger partial charge is 0.254 e. The minimum Gasteiger partial charge on any atom is -0.472 e. The number of amides is 1. The number of carbonyl (C=O) groups is 1. The van der Waals surface area contributed by atoms with Gasteiger partial charge in [0.15, 0.2) is 0 Å². The van der Waals surface area contributed by atoms with Crippen molar-refractivity contribution in [3.05, 3.63) is 53.2 Å². The van der Waals surface area contributed by atoms with Crippen LogP contribution in [0.25, 0.3) is 0 Å². The van der Waals surface area contributed by atoms with Gasteiger partial charge in [-0.3, -0.25) is 4.79 Å². The molecule has 1 unspecified atom stereocenters. The van der Waals surface area contributed by atoms with Gasteiger partial charge in [0.25, 0.3) is 5.91 Å². The molecule has 6 nitrogen and oxygen atoms in total. The number of nitrogens with zero attached hydrogens (tertiary/aromatic N) is 3. The highest BCUT2D eigenvalue weighted by atomic mass is 35.5. The second kappa shape index (κ2) is 8.15. The molecule has 0 bridgehead atoms. The van der Waals surface area contributed by atoms with Crippen molar-refractivity contribution >= 4 is 23.2 Å². The Morgan fingerprint density at radius 3 is 2.78 bits per heavy atom. The van der Waals surface area contributed by atoms with Gasteiger partial charge in [0, 0.05) is 61.1 Å². The van der Waals surface area contributed by atoms with Gasteiger partial charge in [-0.15, -0.1) is 0 Å². The van der Waals surface area contributed by atoms with Gasteiger partial charge in [-0.25, -0.2) is 4.98 Å². The molecule has 0 spiro atoms. The summed E-state index contributed by atoms with van der Waals surface area (Å²) in [5.74, 6) is 0.490. The van der Waals surface area contributed by atoms with Crippen LogP contribution >= 0.6 is 11.6 Å². The van der Waals surface area contributed by atoms with E-state index in [0.717, 1.165) is 30.2 Å². The maximum absolute atomic E-state index is 12.9. The van der Waals surface area contributed by atoms with E-state index in [1.165, 1.54) is 0 Å². The van der Waals surface area contributed by atoms with E-state index in [1.54, 1.807) is 18.3 Å². The van der Waals surface area contributed by atoms with Crippen molar-refractivity contribution in [2.24, 2.45) is 0 Å². The highest BCUT2D eigenvalue weighted by Crippen LogP contribution is 2.22. The van der Waals surface area contributed by atoms with E-state index in [-0.39, 0.29) is 12.0 Å². The van der Waals surface area contributed by atoms with Crippen LogP contribution in [0.4, 0.5) is 5.69 Å². The first kappa shape index (κ1) is 18.1. The third-order valence-electron chi connectivity index (χ3n) is 4.90. The molecule has 3 heterocycles. The average molecular weight is 388 g/mol. The summed E-state index contributed by atoms with van der Waals surface area (Å²) in [6.45, 7) is 4.17. The fraction of sp³-hybridized carbons (Fsp3) is 0.400. The Hall–Kier alpha value is -2.31. The third-order valence-corrected chi connectivity index (χ3v) is 5.13. The van der Waals surface area contributed by atoms with Gasteiger partial charge in [-0.2, -0.15) is 0 Å². The van der Waals surface area contributed by atoms with Gasteiger partial charge in [-0.1, -0.05) is 17.7 Å². The lowest BCUT2D eigenvalue weighted by Crippen LogP contribution is -2.48. The zero-order valence-corrected chi connectivity index (χ0v) is 15.8. The summed E-state index contributed by atoms with van der Waals surface area (Å²) < 4.78 is 11.1. The predicted molar refractivity (Wildman–Crippen MR) is 104 cm³/mol. The van der Waals surface area contributed by atoms with E-state index in [9.17, 15) is 4.79 Å². The summed E-state index contributed by atoms with van der Waals surface area (Å²) >= 11 is 6.08. The summed E-state index contributed by atoms with van der Waals surface area (Å²) in [6, 6.07) is 11.3. The van der Waals surface area contributed by atoms with E-state index in [4.69, 9.17) is 21.1 Å². The van der Waals surface area contributed by atoms with Crippen LogP contribution in [-0.4, -0.2) is 61.3 Å². The molecular formula is C20H22ClN3O3. The lowest BCUT2D eigenvalue weighted by Gasteiger charge is -2.36. The number of piperazine rings is 1. The topological polar surface area (TPSA) is 54.9 Å². The van der Waals surface area contributed by atoms with E-state index in [0.29, 0.717) is 37.7 Å². The van der Waals surface area contributed by atoms with Crippen molar-refractivity contribution < 1.29 is 14.3 Å². The molecule has 1 aromatic heterocycles. The lowest BCUT2D eigenvalue weighted by molar-refractivity contribution is 0.0745. The van der Waals surface area contributed by atoms with Crippen LogP contribution in [0.2, 0.25) is 5.02 Å². The van der Waals surface area contributed by atoms with Crippen LogP contribution in [0.3, 0.4) is 0 Å². The van der Waals surface area contributed by atoms with Crippen molar-refractivity contribution in [2.75, 3.05) is 44.3 Å². The number of pyridine rings is 1. The standard InChI is InChI=1S/C20H22ClN3O3/c21-16-2-1-3-17(13-16)23-7-9-24(10-8-23)20(25)15-4-6-22-19(12-15)27-18-5-11-26-14-18/h1-4,6,12-13,18H,5,7-11,14H2. The van der Waals surface area contributed by atoms with Gasteiger partial charge in [-0.05, 0) is 24.3 Å². The lowest BCUT2D eigenvalue weighted by atomic mass is 10.2. The Labute approximate surface area is 163 Å². The van der Waals surface area contributed by atoms with Crippen molar-refractivity contribution in [1.82, 2.24) is 9.88 Å². The minimum absolute atomic E-state index is 0.00988. The van der Waals surface area contributed by atoms with Crippen molar-refractivity contribution in [3.63, 3.8) is 0 Å². The molecule has 1 amide bonds. The van der Waals surface area contributed by atoms with E-state index < -0.39 is 0 Å². The fourth-order valence-corrected chi connectivity index (χ4v) is 3.59. The van der Waals surface area contributed by atoms with Crippen LogP contribution < -0.4 is 9.64 Å². The second-order valence-corrected chi connectivity index (χ2v) is 7.18. The highest BCUT2D eigenvalue weighted by Gasteiger charge is 2.24. The second-order valence-electron chi connectivity index (χ2n) is 6.75. The van der Waals surface area contributed by atoms with Crippen LogP contribution in [0.5, 0.6) is 5.88 Å². The Morgan fingerprint density at radius 2 is 2.04 bits per heavy atom. The number of benzene rings is 1. The molecule has 2 aliphatic heterocycles. The van der Waals surface area contributed by atoms with Crippen LogP contribution in [0, 0.1) is 0 Å². The Balaban J connectivity index is 1.37. The zero-order valence-electron chi connectivity index (χ0n) is 15.0. The summed E-state index contributed by atoms with van der Waals surface area (Å²) in [6.07, 6.45) is 2.50. The maximum atomic E-state index is 12.9. The largest absolute Gasteiger partial charge is 0.472 e. The van der Waals surface area contributed by atoms with Gasteiger partial charge in [0.2, 0.25) is 5.88 Å². The molecule has 2 saturated heterocycles. The number of aromatic nitrogens is 1. The first-order valence-corrected chi connectivity index (χ1v) is 9.57. The molecule has 4 rings (SSSR count). The van der Waals surface area contributed by atoms with Gasteiger partial charge < -0.3 is 19.3 Å². The number of carbonyl (C=O) groups excluding carboxylic acids is 1. The molecule has 7 heteroatoms. The molecule has 0 radical (unpaired) electrons. The molecule has 1 atom stereocenters. The summed E-state index contributed by atoms with van der Waals surface area (Å²) in [5.41, 5.74) is 1.70. The van der Waals surface area contributed by atoms with Crippen molar-refractivity contribution in [3.8, 4) is 5.88 Å². The van der Waals surface area contributed by atoms with Crippen LogP contribution in [0.1, 0.15) is 16.8 Å². The highest BCUT2D eigenvalue weighted by molar-refractivity contribution is 6.30. The third kappa shape index (κ3) is 4.34. The monoisotopic (exact) mass is 387 g/mol. The van der Waals surface area contributed by atoms with Crippen molar-refractivity contribution in [1.29, 1.82) is 0 Å². The molecule has 2 aliphatic rings. The van der Waals surface area contributed by atoms with E-state index >= 15 is 0 Å². The van der Waals surface area contributed by atoms with Gasteiger partial charge in [0.05, 0.1) is 13.2 Å². The first-order valence-electron chi connectivity index (χ1n) is 9.19. The number of rotatable bonds is 4. The molecule has 2 fully saturated rings. The minimum atomic E-state index is 0.00988. The zero-order chi connectivity index (χ0) is 18.6. The molecule has 0 N–H and O–H groups in total. The summed E-state index contributed by atoms with van der Waals surface area (Å²) in [4.78, 5) is 21.2. The molecule has 1 aromatic carbocycles. The quantitative estimate of drug-likeness (QED) is 0.807. The first-order chi connectivity index (χ1) is 13.2. The molecule has 0 saturated carbocycles. The molecule has 0 aliphatic carbocycles. The summed E-state index contributed by atoms with van der Waals surface area (Å²) in [7, 11) is 0. The molecule has 27 heavy (non-hydrogen) atoms. The SMILES string of the molecule is O=C(c1ccnc(OC2CCOC2)c1)N1CCN(c2cccc(Cl)c2)CC1. The molecule has 142 valence electrons. The number of halogens is 1. The average Bonchev–Trinajstić information content (AvgIpc) is 3.21. The summed E-state index contributed by atoms with van der Waals surface area (Å²) in [5, 5.41) is 0.725. The molecule has 2 aromatic rings. The van der Waals surface area contributed by atoms with Crippen molar-refractivity contribution in [2.45, 2.75) is 12.5 Å². The normalized spacial score (nSPS) is 20.0. The van der Waals surface area contributed by atoms with E-state index in [1.807, 2.05) is 29.2 Å². The number of anilines is 1. The number of hydrogen-bond donors (Lipinski definition) is 0. The van der Waals surface area contributed by atoms with E-state index in [2.05, 4.69) is 9.88 Å². The molecular weight excluding hydrogens is 366 g/mol. The number of hydrogen-bond acceptors (Lipinski definition) is 5. The van der Waals surface area contributed by atoms with Gasteiger partial charge >= 0.3 is 0 Å². The predicted octanol–water partition coefficient (Wildman–Crippen LogP) is 2.87. The Kier molecular flexibility index (Phi) is 5.45. The van der Waals surface area contributed by atoms with Gasteiger partial charge in [0.1, 0.15) is 6.10 Å². The van der Waals surface area contributed by atoms with Crippen LogP contribution in [-0.2, 0) is 4.74 Å². The fourth-order valence-electron chi connectivity index (χ4n) is 3.41. The maximum Gasteiger partial charge on any atom is 0.254 e. The Morgan fingerprint density at radius 1 is 1.19 bits per heavy atom.